The first-order valence-corrected chi connectivity index (χ1v) is 9.51. The zero-order valence-corrected chi connectivity index (χ0v) is 16.7. The number of aryl methyl sites for hydroxylation is 1. The molecular weight excluding hydrogens is 417 g/mol. The molecule has 0 aliphatic carbocycles. The van der Waals surface area contributed by atoms with Crippen molar-refractivity contribution < 1.29 is 32.6 Å². The summed E-state index contributed by atoms with van der Waals surface area (Å²) in [7, 11) is 0. The molecule has 0 spiro atoms. The number of ether oxygens (including phenoxy) is 1. The van der Waals surface area contributed by atoms with E-state index >= 15 is 0 Å². The van der Waals surface area contributed by atoms with Crippen molar-refractivity contribution in [1.82, 2.24) is 20.2 Å². The highest BCUT2D eigenvalue weighted by atomic mass is 19.4. The Morgan fingerprint density at radius 3 is 2.81 bits per heavy atom. The first-order chi connectivity index (χ1) is 14.7. The molecular formula is C20H21F3N4O4. The van der Waals surface area contributed by atoms with Crippen LogP contribution in [0.4, 0.5) is 13.2 Å². The summed E-state index contributed by atoms with van der Waals surface area (Å²) in [6.07, 6.45) is -1.46. The number of rotatable bonds is 8. The fourth-order valence-corrected chi connectivity index (χ4v) is 3.17. The number of aliphatic hydroxyl groups excluding tert-OH is 1. The molecule has 1 aliphatic heterocycles. The normalized spacial score (nSPS) is 13.3. The molecule has 2 aromatic heterocycles. The molecule has 0 radical (unpaired) electrons. The van der Waals surface area contributed by atoms with E-state index in [1.165, 1.54) is 23.4 Å². The van der Waals surface area contributed by atoms with Crippen LogP contribution in [0.25, 0.3) is 0 Å². The van der Waals surface area contributed by atoms with Gasteiger partial charge in [-0.05, 0) is 31.0 Å². The van der Waals surface area contributed by atoms with Gasteiger partial charge in [0.1, 0.15) is 11.4 Å². The first kappa shape index (κ1) is 22.5. The van der Waals surface area contributed by atoms with Crippen LogP contribution >= 0.6 is 0 Å². The fourth-order valence-electron chi connectivity index (χ4n) is 3.17. The van der Waals surface area contributed by atoms with Crippen molar-refractivity contribution in [3.63, 3.8) is 0 Å². The predicted molar refractivity (Wildman–Crippen MR) is 102 cm³/mol. The van der Waals surface area contributed by atoms with Gasteiger partial charge in [0.2, 0.25) is 0 Å². The zero-order chi connectivity index (χ0) is 22.6. The van der Waals surface area contributed by atoms with E-state index in [4.69, 9.17) is 9.84 Å². The number of carbonyl (C=O) groups is 2. The van der Waals surface area contributed by atoms with Gasteiger partial charge in [0, 0.05) is 37.0 Å². The van der Waals surface area contributed by atoms with E-state index in [9.17, 15) is 22.8 Å². The summed E-state index contributed by atoms with van der Waals surface area (Å²) in [6.45, 7) is 0.669. The largest absolute Gasteiger partial charge is 0.482 e. The minimum atomic E-state index is -4.45. The van der Waals surface area contributed by atoms with Gasteiger partial charge in [-0.25, -0.2) is 0 Å². The number of amides is 2. The molecule has 11 heteroatoms. The SMILES string of the molecule is Cc1cc(CN2Cc3c(ccnc3C(=O)NCCCO)C2=O)ncc1OCC(F)(F)F. The molecule has 3 heterocycles. The minimum Gasteiger partial charge on any atom is -0.482 e. The number of hydrogen-bond acceptors (Lipinski definition) is 6. The molecule has 1 aliphatic rings. The molecule has 31 heavy (non-hydrogen) atoms. The number of halogens is 3. The summed E-state index contributed by atoms with van der Waals surface area (Å²) in [5.74, 6) is -0.707. The molecule has 2 aromatic rings. The van der Waals surface area contributed by atoms with Crippen LogP contribution in [-0.2, 0) is 13.1 Å². The van der Waals surface area contributed by atoms with E-state index in [0.29, 0.717) is 28.8 Å². The maximum Gasteiger partial charge on any atom is 0.422 e. The van der Waals surface area contributed by atoms with Gasteiger partial charge >= 0.3 is 6.18 Å². The van der Waals surface area contributed by atoms with Crippen LogP contribution in [0, 0.1) is 6.92 Å². The monoisotopic (exact) mass is 438 g/mol. The Morgan fingerprint density at radius 2 is 2.13 bits per heavy atom. The van der Waals surface area contributed by atoms with Crippen LogP contribution < -0.4 is 10.1 Å². The van der Waals surface area contributed by atoms with E-state index in [2.05, 4.69) is 15.3 Å². The molecule has 0 bridgehead atoms. The van der Waals surface area contributed by atoms with E-state index in [1.807, 2.05) is 0 Å². The maximum atomic E-state index is 12.8. The third kappa shape index (κ3) is 5.48. The third-order valence-corrected chi connectivity index (χ3v) is 4.62. The highest BCUT2D eigenvalue weighted by Gasteiger charge is 2.32. The van der Waals surface area contributed by atoms with Crippen LogP contribution in [0.2, 0.25) is 0 Å². The average molecular weight is 438 g/mol. The van der Waals surface area contributed by atoms with Gasteiger partial charge in [0.15, 0.2) is 6.61 Å². The molecule has 2 amide bonds. The number of aliphatic hydroxyl groups is 1. The van der Waals surface area contributed by atoms with Crippen molar-refractivity contribution in [2.75, 3.05) is 19.8 Å². The van der Waals surface area contributed by atoms with E-state index in [0.717, 1.165) is 0 Å². The van der Waals surface area contributed by atoms with Gasteiger partial charge in [0.25, 0.3) is 11.8 Å². The molecule has 0 atom stereocenters. The van der Waals surface area contributed by atoms with Gasteiger partial charge in [0.05, 0.1) is 18.4 Å². The zero-order valence-electron chi connectivity index (χ0n) is 16.7. The van der Waals surface area contributed by atoms with E-state index in [1.54, 1.807) is 13.0 Å². The quantitative estimate of drug-likeness (QED) is 0.611. The van der Waals surface area contributed by atoms with Crippen LogP contribution in [0.5, 0.6) is 5.75 Å². The summed E-state index contributed by atoms with van der Waals surface area (Å²) in [4.78, 5) is 34.8. The van der Waals surface area contributed by atoms with Crippen molar-refractivity contribution in [2.45, 2.75) is 32.6 Å². The summed E-state index contributed by atoms with van der Waals surface area (Å²) in [6, 6.07) is 3.09. The molecule has 0 saturated carbocycles. The van der Waals surface area contributed by atoms with Gasteiger partial charge in [-0.15, -0.1) is 0 Å². The lowest BCUT2D eigenvalue weighted by Gasteiger charge is -2.16. The Bertz CT molecular complexity index is 981. The second-order valence-corrected chi connectivity index (χ2v) is 7.02. The Kier molecular flexibility index (Phi) is 6.74. The summed E-state index contributed by atoms with van der Waals surface area (Å²) in [5.41, 5.74) is 1.94. The maximum absolute atomic E-state index is 12.8. The van der Waals surface area contributed by atoms with Crippen molar-refractivity contribution in [3.05, 3.63) is 52.6 Å². The highest BCUT2D eigenvalue weighted by Crippen LogP contribution is 2.27. The Labute approximate surface area is 176 Å². The van der Waals surface area contributed by atoms with Crippen LogP contribution in [0.15, 0.2) is 24.5 Å². The lowest BCUT2D eigenvalue weighted by molar-refractivity contribution is -0.153. The average Bonchev–Trinajstić information content (AvgIpc) is 3.02. The number of aromatic nitrogens is 2. The summed E-state index contributed by atoms with van der Waals surface area (Å²) >= 11 is 0. The number of alkyl halides is 3. The second kappa shape index (κ2) is 9.29. The lowest BCUT2D eigenvalue weighted by Crippen LogP contribution is -2.27. The standard InChI is InChI=1S/C20H21F3N4O4/c1-12-7-13(26-8-16(12)31-11-20(21,22)23)9-27-10-15-14(19(27)30)3-5-24-17(15)18(29)25-4-2-6-28/h3,5,7-8,28H,2,4,6,9-11H2,1H3,(H,25,29). The third-order valence-electron chi connectivity index (χ3n) is 4.62. The number of nitrogens with one attached hydrogen (secondary N) is 1. The summed E-state index contributed by atoms with van der Waals surface area (Å²) in [5, 5.41) is 11.5. The number of carbonyl (C=O) groups excluding carboxylic acids is 2. The van der Waals surface area contributed by atoms with E-state index < -0.39 is 18.7 Å². The van der Waals surface area contributed by atoms with Gasteiger partial charge in [-0.2, -0.15) is 13.2 Å². The summed E-state index contributed by atoms with van der Waals surface area (Å²) < 4.78 is 41.8. The Morgan fingerprint density at radius 1 is 1.35 bits per heavy atom. The van der Waals surface area contributed by atoms with Crippen LogP contribution in [0.1, 0.15) is 44.1 Å². The Hall–Kier alpha value is -3.21. The molecule has 0 saturated heterocycles. The highest BCUT2D eigenvalue weighted by molar-refractivity contribution is 6.03. The predicted octanol–water partition coefficient (Wildman–Crippen LogP) is 1.99. The van der Waals surface area contributed by atoms with Crippen molar-refractivity contribution in [3.8, 4) is 5.75 Å². The van der Waals surface area contributed by atoms with Gasteiger partial charge in [-0.3, -0.25) is 19.6 Å². The molecule has 3 rings (SSSR count). The molecule has 2 N–H and O–H groups in total. The van der Waals surface area contributed by atoms with E-state index in [-0.39, 0.29) is 43.6 Å². The molecule has 0 fully saturated rings. The van der Waals surface area contributed by atoms with Crippen LogP contribution in [0.3, 0.4) is 0 Å². The number of nitrogens with zero attached hydrogens (tertiary/aromatic N) is 3. The molecule has 166 valence electrons. The van der Waals surface area contributed by atoms with Crippen LogP contribution in [-0.4, -0.2) is 57.7 Å². The van der Waals surface area contributed by atoms with Crippen molar-refractivity contribution in [2.24, 2.45) is 0 Å². The lowest BCUT2D eigenvalue weighted by atomic mass is 10.1. The smallest absolute Gasteiger partial charge is 0.422 e. The van der Waals surface area contributed by atoms with Crippen molar-refractivity contribution >= 4 is 11.8 Å². The molecule has 8 nitrogen and oxygen atoms in total. The topological polar surface area (TPSA) is 105 Å². The number of hydrogen-bond donors (Lipinski definition) is 2. The minimum absolute atomic E-state index is 0.0168. The molecule has 0 aromatic carbocycles. The number of pyridine rings is 2. The number of fused-ring (bicyclic) bond motifs is 1. The fraction of sp³-hybridized carbons (Fsp3) is 0.400. The second-order valence-electron chi connectivity index (χ2n) is 7.02. The van der Waals surface area contributed by atoms with Crippen molar-refractivity contribution in [1.29, 1.82) is 0 Å². The van der Waals surface area contributed by atoms with Gasteiger partial charge in [-0.1, -0.05) is 0 Å². The molecule has 0 unspecified atom stereocenters. The first-order valence-electron chi connectivity index (χ1n) is 9.51. The Balaban J connectivity index is 1.71. The van der Waals surface area contributed by atoms with Gasteiger partial charge < -0.3 is 20.1 Å².